The standard InChI is InChI=1S/C14H18FNO3/c1-16(10-6-2-3-7-11(10)17)14(19)13-9(15)5-4-8-12(13)18/h4-5,8,10-11,17-18H,2-3,6-7H2,1H3. The number of aromatic hydroxyl groups is 1. The maximum absolute atomic E-state index is 13.7. The second kappa shape index (κ2) is 5.57. The molecule has 2 atom stereocenters. The monoisotopic (exact) mass is 267 g/mol. The maximum Gasteiger partial charge on any atom is 0.260 e. The van der Waals surface area contributed by atoms with Gasteiger partial charge in [0, 0.05) is 7.05 Å². The molecular weight excluding hydrogens is 249 g/mol. The third-order valence-corrected chi connectivity index (χ3v) is 3.72. The molecular formula is C14H18FNO3. The van der Waals surface area contributed by atoms with Crippen LogP contribution in [0.1, 0.15) is 36.0 Å². The zero-order valence-electron chi connectivity index (χ0n) is 10.8. The van der Waals surface area contributed by atoms with Crippen LogP contribution in [0.5, 0.6) is 5.75 Å². The van der Waals surface area contributed by atoms with Crippen molar-refractivity contribution in [3.05, 3.63) is 29.6 Å². The van der Waals surface area contributed by atoms with Gasteiger partial charge in [-0.1, -0.05) is 18.9 Å². The van der Waals surface area contributed by atoms with Gasteiger partial charge in [0.15, 0.2) is 0 Å². The number of carbonyl (C=O) groups excluding carboxylic acids is 1. The first-order valence-electron chi connectivity index (χ1n) is 6.45. The molecule has 1 aliphatic carbocycles. The number of phenolic OH excluding ortho intramolecular Hbond substituents is 1. The number of aliphatic hydroxyl groups is 1. The fraction of sp³-hybridized carbons (Fsp3) is 0.500. The van der Waals surface area contributed by atoms with Crippen LogP contribution < -0.4 is 0 Å². The van der Waals surface area contributed by atoms with Gasteiger partial charge < -0.3 is 15.1 Å². The Morgan fingerprint density at radius 3 is 2.68 bits per heavy atom. The molecule has 5 heteroatoms. The summed E-state index contributed by atoms with van der Waals surface area (Å²) >= 11 is 0. The largest absolute Gasteiger partial charge is 0.507 e. The minimum Gasteiger partial charge on any atom is -0.507 e. The number of rotatable bonds is 2. The molecule has 1 aromatic rings. The van der Waals surface area contributed by atoms with E-state index in [1.807, 2.05) is 0 Å². The number of phenols is 1. The van der Waals surface area contributed by atoms with E-state index in [1.165, 1.54) is 24.1 Å². The lowest BCUT2D eigenvalue weighted by Gasteiger charge is -2.35. The molecule has 1 aromatic carbocycles. The van der Waals surface area contributed by atoms with Crippen molar-refractivity contribution in [1.29, 1.82) is 0 Å². The van der Waals surface area contributed by atoms with E-state index in [9.17, 15) is 19.4 Å². The highest BCUT2D eigenvalue weighted by Crippen LogP contribution is 2.26. The highest BCUT2D eigenvalue weighted by molar-refractivity contribution is 5.97. The summed E-state index contributed by atoms with van der Waals surface area (Å²) in [5, 5.41) is 19.5. The Kier molecular flexibility index (Phi) is 4.04. The van der Waals surface area contributed by atoms with Crippen molar-refractivity contribution in [1.82, 2.24) is 4.90 Å². The number of aliphatic hydroxyl groups excluding tert-OH is 1. The smallest absolute Gasteiger partial charge is 0.260 e. The van der Waals surface area contributed by atoms with E-state index in [0.29, 0.717) is 12.8 Å². The lowest BCUT2D eigenvalue weighted by Crippen LogP contribution is -2.46. The molecule has 0 saturated heterocycles. The molecule has 2 unspecified atom stereocenters. The summed E-state index contributed by atoms with van der Waals surface area (Å²) in [6.07, 6.45) is 2.62. The Bertz CT molecular complexity index is 458. The molecule has 1 aliphatic rings. The zero-order chi connectivity index (χ0) is 14.0. The van der Waals surface area contributed by atoms with E-state index in [0.717, 1.165) is 18.9 Å². The first-order valence-corrected chi connectivity index (χ1v) is 6.45. The van der Waals surface area contributed by atoms with Gasteiger partial charge in [-0.15, -0.1) is 0 Å². The van der Waals surface area contributed by atoms with Gasteiger partial charge in [0.1, 0.15) is 17.1 Å². The van der Waals surface area contributed by atoms with Gasteiger partial charge in [-0.3, -0.25) is 4.79 Å². The molecule has 1 fully saturated rings. The third kappa shape index (κ3) is 2.71. The average molecular weight is 267 g/mol. The lowest BCUT2D eigenvalue weighted by atomic mass is 9.91. The second-order valence-electron chi connectivity index (χ2n) is 4.97. The maximum atomic E-state index is 13.7. The summed E-state index contributed by atoms with van der Waals surface area (Å²) in [6.45, 7) is 0. The van der Waals surface area contributed by atoms with Crippen LogP contribution in [-0.2, 0) is 0 Å². The van der Waals surface area contributed by atoms with Crippen molar-refractivity contribution in [3.8, 4) is 5.75 Å². The summed E-state index contributed by atoms with van der Waals surface area (Å²) < 4.78 is 13.7. The first-order chi connectivity index (χ1) is 9.02. The van der Waals surface area contributed by atoms with E-state index in [2.05, 4.69) is 0 Å². The zero-order valence-corrected chi connectivity index (χ0v) is 10.8. The van der Waals surface area contributed by atoms with Crippen LogP contribution in [0.3, 0.4) is 0 Å². The Morgan fingerprint density at radius 1 is 1.37 bits per heavy atom. The van der Waals surface area contributed by atoms with E-state index >= 15 is 0 Å². The second-order valence-corrected chi connectivity index (χ2v) is 4.97. The number of amides is 1. The molecule has 0 aromatic heterocycles. The molecule has 0 spiro atoms. The summed E-state index contributed by atoms with van der Waals surface area (Å²) in [7, 11) is 1.54. The normalized spacial score (nSPS) is 23.1. The molecule has 1 amide bonds. The van der Waals surface area contributed by atoms with E-state index in [1.54, 1.807) is 0 Å². The number of nitrogens with zero attached hydrogens (tertiary/aromatic N) is 1. The van der Waals surface area contributed by atoms with Crippen LogP contribution in [0.4, 0.5) is 4.39 Å². The lowest BCUT2D eigenvalue weighted by molar-refractivity contribution is 0.0263. The fourth-order valence-electron chi connectivity index (χ4n) is 2.59. The molecule has 2 rings (SSSR count). The Labute approximate surface area is 111 Å². The number of halogens is 1. The summed E-state index contributed by atoms with van der Waals surface area (Å²) in [5.41, 5.74) is -0.331. The fourth-order valence-corrected chi connectivity index (χ4v) is 2.59. The number of carbonyl (C=O) groups is 1. The SMILES string of the molecule is CN(C(=O)c1c(O)cccc1F)C1CCCCC1O. The van der Waals surface area contributed by atoms with Crippen molar-refractivity contribution in [2.45, 2.75) is 37.8 Å². The number of hydrogen-bond donors (Lipinski definition) is 2. The molecule has 0 aliphatic heterocycles. The number of benzene rings is 1. The van der Waals surface area contributed by atoms with Crippen LogP contribution >= 0.6 is 0 Å². The highest BCUT2D eigenvalue weighted by Gasteiger charge is 2.31. The number of likely N-dealkylation sites (N-methyl/N-ethyl adjacent to an activating group) is 1. The predicted octanol–water partition coefficient (Wildman–Crippen LogP) is 1.91. The Morgan fingerprint density at radius 2 is 2.05 bits per heavy atom. The molecule has 0 heterocycles. The van der Waals surface area contributed by atoms with Gasteiger partial charge in [-0.2, -0.15) is 0 Å². The highest BCUT2D eigenvalue weighted by atomic mass is 19.1. The molecule has 0 bridgehead atoms. The molecule has 0 radical (unpaired) electrons. The van der Waals surface area contributed by atoms with Gasteiger partial charge in [-0.05, 0) is 25.0 Å². The van der Waals surface area contributed by atoms with Crippen LogP contribution in [0.2, 0.25) is 0 Å². The van der Waals surface area contributed by atoms with E-state index < -0.39 is 17.8 Å². The molecule has 19 heavy (non-hydrogen) atoms. The summed E-state index contributed by atoms with van der Waals surface area (Å²) in [6, 6.07) is 3.44. The van der Waals surface area contributed by atoms with Crippen LogP contribution in [0.25, 0.3) is 0 Å². The van der Waals surface area contributed by atoms with Crippen molar-refractivity contribution in [2.24, 2.45) is 0 Å². The average Bonchev–Trinajstić information content (AvgIpc) is 2.38. The van der Waals surface area contributed by atoms with E-state index in [4.69, 9.17) is 0 Å². The minimum atomic E-state index is -0.748. The van der Waals surface area contributed by atoms with Crippen LogP contribution in [0, 0.1) is 5.82 Å². The van der Waals surface area contributed by atoms with E-state index in [-0.39, 0.29) is 17.4 Å². The van der Waals surface area contributed by atoms with Crippen LogP contribution in [-0.4, -0.2) is 40.2 Å². The molecule has 2 N–H and O–H groups in total. The van der Waals surface area contributed by atoms with Gasteiger partial charge in [0.05, 0.1) is 12.1 Å². The van der Waals surface area contributed by atoms with Crippen molar-refractivity contribution in [2.75, 3.05) is 7.05 Å². The van der Waals surface area contributed by atoms with Crippen molar-refractivity contribution in [3.63, 3.8) is 0 Å². The number of hydrogen-bond acceptors (Lipinski definition) is 3. The molecule has 1 saturated carbocycles. The first kappa shape index (κ1) is 13.8. The van der Waals surface area contributed by atoms with Crippen molar-refractivity contribution >= 4 is 5.91 Å². The van der Waals surface area contributed by atoms with Gasteiger partial charge in [0.2, 0.25) is 0 Å². The van der Waals surface area contributed by atoms with Gasteiger partial charge >= 0.3 is 0 Å². The summed E-state index contributed by atoms with van der Waals surface area (Å²) in [4.78, 5) is 13.6. The Hall–Kier alpha value is -1.62. The molecule has 4 nitrogen and oxygen atoms in total. The topological polar surface area (TPSA) is 60.8 Å². The third-order valence-electron chi connectivity index (χ3n) is 3.72. The molecule has 104 valence electrons. The quantitative estimate of drug-likeness (QED) is 0.860. The van der Waals surface area contributed by atoms with Gasteiger partial charge in [0.25, 0.3) is 5.91 Å². The van der Waals surface area contributed by atoms with Crippen LogP contribution in [0.15, 0.2) is 18.2 Å². The predicted molar refractivity (Wildman–Crippen MR) is 68.4 cm³/mol. The minimum absolute atomic E-state index is 0.319. The Balaban J connectivity index is 2.23. The summed E-state index contributed by atoms with van der Waals surface area (Å²) in [5.74, 6) is -1.72. The van der Waals surface area contributed by atoms with Crippen molar-refractivity contribution < 1.29 is 19.4 Å². The van der Waals surface area contributed by atoms with Gasteiger partial charge in [-0.25, -0.2) is 4.39 Å².